The summed E-state index contributed by atoms with van der Waals surface area (Å²) in [6.45, 7) is 6.27. The Morgan fingerprint density at radius 1 is 0.850 bits per heavy atom. The van der Waals surface area contributed by atoms with E-state index in [2.05, 4.69) is 5.32 Å². The van der Waals surface area contributed by atoms with Gasteiger partial charge in [0.1, 0.15) is 0 Å². The molecule has 1 N–H and O–H groups in total. The number of hydrogen-bond acceptors (Lipinski definition) is 5. The van der Waals surface area contributed by atoms with Crippen molar-refractivity contribution in [3.63, 3.8) is 0 Å². The van der Waals surface area contributed by atoms with E-state index in [-0.39, 0.29) is 0 Å². The molecule has 5 nitrogen and oxygen atoms in total. The van der Waals surface area contributed by atoms with Crippen LogP contribution in [0.1, 0.15) is 25.7 Å². The van der Waals surface area contributed by atoms with Gasteiger partial charge in [-0.1, -0.05) is 6.42 Å². The molecule has 0 amide bonds. The maximum atomic E-state index is 5.65. The Bertz CT molecular complexity index is 222. The van der Waals surface area contributed by atoms with E-state index in [4.69, 9.17) is 18.9 Å². The maximum absolute atomic E-state index is 5.65. The summed E-state index contributed by atoms with van der Waals surface area (Å²) in [5.41, 5.74) is 0.463. The summed E-state index contributed by atoms with van der Waals surface area (Å²) in [5.74, 6) is 0. The smallest absolute Gasteiger partial charge is 0.0701 e. The second kappa shape index (κ2) is 11.5. The summed E-state index contributed by atoms with van der Waals surface area (Å²) in [6.07, 6.45) is 5.14. The standard InChI is InChI=1S/C15H31NO4/c1-17-9-7-16-14-15(4-3-5-15)6-8-19-12-13-20-11-10-18-2/h16H,3-14H2,1-2H3. The van der Waals surface area contributed by atoms with E-state index in [1.807, 2.05) is 0 Å². The van der Waals surface area contributed by atoms with Crippen LogP contribution in [0, 0.1) is 5.41 Å². The quantitative estimate of drug-likeness (QED) is 0.491. The lowest BCUT2D eigenvalue weighted by Crippen LogP contribution is -2.41. The van der Waals surface area contributed by atoms with Crippen molar-refractivity contribution < 1.29 is 18.9 Å². The molecule has 0 bridgehead atoms. The van der Waals surface area contributed by atoms with Gasteiger partial charge in [-0.15, -0.1) is 0 Å². The molecule has 1 fully saturated rings. The normalized spacial score (nSPS) is 17.1. The van der Waals surface area contributed by atoms with Gasteiger partial charge in [-0.25, -0.2) is 0 Å². The van der Waals surface area contributed by atoms with Crippen LogP contribution in [0.3, 0.4) is 0 Å². The highest BCUT2D eigenvalue weighted by atomic mass is 16.5. The zero-order valence-electron chi connectivity index (χ0n) is 13.1. The van der Waals surface area contributed by atoms with Crippen LogP contribution in [0.2, 0.25) is 0 Å². The van der Waals surface area contributed by atoms with Gasteiger partial charge in [0.05, 0.1) is 33.0 Å². The number of hydrogen-bond donors (Lipinski definition) is 1. The van der Waals surface area contributed by atoms with Gasteiger partial charge in [0.25, 0.3) is 0 Å². The minimum atomic E-state index is 0.463. The third-order valence-corrected chi connectivity index (χ3v) is 3.98. The summed E-state index contributed by atoms with van der Waals surface area (Å²) in [5, 5.41) is 3.49. The predicted molar refractivity (Wildman–Crippen MR) is 79.2 cm³/mol. The topological polar surface area (TPSA) is 49.0 Å². The maximum Gasteiger partial charge on any atom is 0.0701 e. The Labute approximate surface area is 123 Å². The van der Waals surface area contributed by atoms with E-state index in [1.165, 1.54) is 19.3 Å². The van der Waals surface area contributed by atoms with Crippen molar-refractivity contribution in [2.24, 2.45) is 5.41 Å². The second-order valence-electron chi connectivity index (χ2n) is 5.49. The minimum Gasteiger partial charge on any atom is -0.383 e. The summed E-state index contributed by atoms with van der Waals surface area (Å²) >= 11 is 0. The molecule has 0 saturated heterocycles. The third kappa shape index (κ3) is 7.55. The zero-order chi connectivity index (χ0) is 14.5. The molecule has 0 aliphatic heterocycles. The first-order chi connectivity index (χ1) is 9.83. The van der Waals surface area contributed by atoms with Crippen LogP contribution < -0.4 is 5.32 Å². The van der Waals surface area contributed by atoms with Crippen LogP contribution in [0.4, 0.5) is 0 Å². The van der Waals surface area contributed by atoms with Crippen molar-refractivity contribution in [3.05, 3.63) is 0 Å². The first-order valence-corrected chi connectivity index (χ1v) is 7.67. The predicted octanol–water partition coefficient (Wildman–Crippen LogP) is 1.46. The van der Waals surface area contributed by atoms with E-state index in [0.717, 1.165) is 32.7 Å². The molecule has 0 spiro atoms. The summed E-state index contributed by atoms with van der Waals surface area (Å²) in [6, 6.07) is 0. The molecule has 20 heavy (non-hydrogen) atoms. The van der Waals surface area contributed by atoms with Gasteiger partial charge in [-0.2, -0.15) is 0 Å². The van der Waals surface area contributed by atoms with E-state index in [1.54, 1.807) is 14.2 Å². The van der Waals surface area contributed by atoms with Gasteiger partial charge >= 0.3 is 0 Å². The van der Waals surface area contributed by atoms with Crippen molar-refractivity contribution in [2.75, 3.05) is 67.0 Å². The highest BCUT2D eigenvalue weighted by molar-refractivity contribution is 4.89. The summed E-state index contributed by atoms with van der Waals surface area (Å²) < 4.78 is 21.0. The van der Waals surface area contributed by atoms with Crippen LogP contribution in [-0.2, 0) is 18.9 Å². The molecule has 1 rings (SSSR count). The Hall–Kier alpha value is -0.200. The highest BCUT2D eigenvalue weighted by Crippen LogP contribution is 2.43. The van der Waals surface area contributed by atoms with E-state index in [9.17, 15) is 0 Å². The third-order valence-electron chi connectivity index (χ3n) is 3.98. The molecule has 5 heteroatoms. The van der Waals surface area contributed by atoms with Crippen LogP contribution in [0.25, 0.3) is 0 Å². The van der Waals surface area contributed by atoms with Crippen molar-refractivity contribution in [1.29, 1.82) is 0 Å². The molecule has 1 saturated carbocycles. The first kappa shape index (κ1) is 17.9. The lowest BCUT2D eigenvalue weighted by atomic mass is 9.67. The first-order valence-electron chi connectivity index (χ1n) is 7.67. The molecule has 0 atom stereocenters. The molecule has 0 heterocycles. The van der Waals surface area contributed by atoms with Crippen LogP contribution >= 0.6 is 0 Å². The monoisotopic (exact) mass is 289 g/mol. The van der Waals surface area contributed by atoms with Gasteiger partial charge in [-0.05, 0) is 24.7 Å². The Kier molecular flexibility index (Phi) is 10.2. The Morgan fingerprint density at radius 2 is 1.50 bits per heavy atom. The molecule has 1 aliphatic rings. The Morgan fingerprint density at radius 3 is 2.10 bits per heavy atom. The summed E-state index contributed by atoms with van der Waals surface area (Å²) in [4.78, 5) is 0. The molecule has 120 valence electrons. The number of methoxy groups -OCH3 is 2. The van der Waals surface area contributed by atoms with E-state index in [0.29, 0.717) is 31.8 Å². The summed E-state index contributed by atoms with van der Waals surface area (Å²) in [7, 11) is 3.42. The fourth-order valence-electron chi connectivity index (χ4n) is 2.47. The van der Waals surface area contributed by atoms with Crippen molar-refractivity contribution in [2.45, 2.75) is 25.7 Å². The number of nitrogens with one attached hydrogen (secondary N) is 1. The van der Waals surface area contributed by atoms with Crippen LogP contribution in [-0.4, -0.2) is 67.0 Å². The second-order valence-corrected chi connectivity index (χ2v) is 5.49. The molecule has 0 radical (unpaired) electrons. The van der Waals surface area contributed by atoms with Crippen molar-refractivity contribution >= 4 is 0 Å². The van der Waals surface area contributed by atoms with Gasteiger partial charge in [0, 0.05) is 33.9 Å². The number of rotatable bonds is 14. The van der Waals surface area contributed by atoms with Crippen LogP contribution in [0.5, 0.6) is 0 Å². The van der Waals surface area contributed by atoms with Gasteiger partial charge < -0.3 is 24.3 Å². The molecular weight excluding hydrogens is 258 g/mol. The molecule has 0 unspecified atom stereocenters. The number of ether oxygens (including phenoxy) is 4. The molecular formula is C15H31NO4. The zero-order valence-corrected chi connectivity index (χ0v) is 13.1. The lowest BCUT2D eigenvalue weighted by Gasteiger charge is -2.42. The molecule has 1 aliphatic carbocycles. The van der Waals surface area contributed by atoms with Crippen LogP contribution in [0.15, 0.2) is 0 Å². The van der Waals surface area contributed by atoms with Gasteiger partial charge in [0.15, 0.2) is 0 Å². The van der Waals surface area contributed by atoms with Crippen molar-refractivity contribution in [1.82, 2.24) is 5.32 Å². The fourth-order valence-corrected chi connectivity index (χ4v) is 2.47. The minimum absolute atomic E-state index is 0.463. The van der Waals surface area contributed by atoms with Gasteiger partial charge in [-0.3, -0.25) is 0 Å². The average Bonchev–Trinajstić information content (AvgIpc) is 2.42. The Balaban J connectivity index is 1.95. The molecule has 0 aromatic carbocycles. The molecule has 0 aromatic heterocycles. The average molecular weight is 289 g/mol. The highest BCUT2D eigenvalue weighted by Gasteiger charge is 2.35. The van der Waals surface area contributed by atoms with Gasteiger partial charge in [0.2, 0.25) is 0 Å². The van der Waals surface area contributed by atoms with E-state index >= 15 is 0 Å². The SMILES string of the molecule is COCCNCC1(CCOCCOCCOC)CCC1. The van der Waals surface area contributed by atoms with Crippen molar-refractivity contribution in [3.8, 4) is 0 Å². The van der Waals surface area contributed by atoms with E-state index < -0.39 is 0 Å². The molecule has 0 aromatic rings. The largest absolute Gasteiger partial charge is 0.383 e. The fraction of sp³-hybridized carbons (Fsp3) is 1.00. The lowest BCUT2D eigenvalue weighted by molar-refractivity contribution is 0.00571.